The van der Waals surface area contributed by atoms with E-state index >= 15 is 0 Å². The van der Waals surface area contributed by atoms with E-state index < -0.39 is 0 Å². The number of nitrogens with one attached hydrogen (secondary N) is 2. The van der Waals surface area contributed by atoms with Crippen LogP contribution < -0.4 is 5.32 Å². The predicted molar refractivity (Wildman–Crippen MR) is 124 cm³/mol. The maximum atomic E-state index is 12.3. The molecule has 0 atom stereocenters. The highest BCUT2D eigenvalue weighted by molar-refractivity contribution is 7.99. The number of fused-ring (bicyclic) bond motifs is 1. The lowest BCUT2D eigenvalue weighted by molar-refractivity contribution is -0.120. The molecule has 31 heavy (non-hydrogen) atoms. The van der Waals surface area contributed by atoms with Crippen molar-refractivity contribution >= 4 is 40.2 Å². The zero-order valence-corrected chi connectivity index (χ0v) is 18.4. The van der Waals surface area contributed by atoms with Gasteiger partial charge in [0.25, 0.3) is 0 Å². The lowest BCUT2D eigenvalue weighted by Crippen LogP contribution is -2.23. The summed E-state index contributed by atoms with van der Waals surface area (Å²) in [5.41, 5.74) is 3.08. The van der Waals surface area contributed by atoms with E-state index in [0.717, 1.165) is 45.9 Å². The quantitative estimate of drug-likeness (QED) is 0.360. The van der Waals surface area contributed by atoms with Gasteiger partial charge in [0.1, 0.15) is 0 Å². The molecule has 2 aromatic heterocycles. The van der Waals surface area contributed by atoms with Gasteiger partial charge in [-0.3, -0.25) is 9.36 Å². The van der Waals surface area contributed by atoms with Crippen molar-refractivity contribution in [2.24, 2.45) is 0 Å². The van der Waals surface area contributed by atoms with E-state index in [1.54, 1.807) is 11.8 Å². The Bertz CT molecular complexity index is 1230. The van der Waals surface area contributed by atoms with Gasteiger partial charge in [0, 0.05) is 52.4 Å². The van der Waals surface area contributed by atoms with Crippen LogP contribution in [0.5, 0.6) is 0 Å². The summed E-state index contributed by atoms with van der Waals surface area (Å²) < 4.78 is 2.24. The zero-order chi connectivity index (χ0) is 21.2. The van der Waals surface area contributed by atoms with E-state index in [4.69, 9.17) is 11.6 Å². The second kappa shape index (κ2) is 8.77. The molecule has 6 nitrogen and oxygen atoms in total. The van der Waals surface area contributed by atoms with Crippen LogP contribution in [-0.4, -0.2) is 31.4 Å². The molecule has 2 aromatic carbocycles. The molecule has 0 bridgehead atoms. The van der Waals surface area contributed by atoms with Gasteiger partial charge in [0.15, 0.2) is 11.0 Å². The van der Waals surface area contributed by atoms with E-state index in [0.29, 0.717) is 29.8 Å². The van der Waals surface area contributed by atoms with E-state index in [-0.39, 0.29) is 5.91 Å². The Kier molecular flexibility index (Phi) is 5.70. The molecule has 2 N–H and O–H groups in total. The van der Waals surface area contributed by atoms with Crippen molar-refractivity contribution < 1.29 is 4.79 Å². The number of hydrogen-bond acceptors (Lipinski definition) is 4. The third-order valence-corrected chi connectivity index (χ3v) is 6.71. The SMILES string of the molecule is O=C(CCSc1nnc(-c2c[nH]c3ccccc23)n1C1CC1)NCc1ccccc1Cl. The van der Waals surface area contributed by atoms with Crippen LogP contribution in [0.25, 0.3) is 22.3 Å². The lowest BCUT2D eigenvalue weighted by Gasteiger charge is -2.09. The fourth-order valence-corrected chi connectivity index (χ4v) is 4.78. The Labute approximate surface area is 189 Å². The molecule has 1 saturated carbocycles. The summed E-state index contributed by atoms with van der Waals surface area (Å²) in [5, 5.41) is 14.6. The van der Waals surface area contributed by atoms with Crippen molar-refractivity contribution in [3.05, 3.63) is 65.3 Å². The number of amides is 1. The molecule has 0 radical (unpaired) electrons. The number of H-pyrrole nitrogens is 1. The van der Waals surface area contributed by atoms with Gasteiger partial charge in [-0.05, 0) is 30.5 Å². The highest BCUT2D eigenvalue weighted by Gasteiger charge is 2.30. The van der Waals surface area contributed by atoms with Crippen molar-refractivity contribution in [2.45, 2.75) is 37.0 Å². The molecule has 0 unspecified atom stereocenters. The number of aromatic amines is 1. The smallest absolute Gasteiger partial charge is 0.221 e. The number of rotatable bonds is 8. The minimum Gasteiger partial charge on any atom is -0.360 e. The first-order chi connectivity index (χ1) is 15.2. The summed E-state index contributed by atoms with van der Waals surface area (Å²) in [6.07, 6.45) is 4.69. The van der Waals surface area contributed by atoms with Crippen molar-refractivity contribution in [3.8, 4) is 11.4 Å². The number of carbonyl (C=O) groups is 1. The van der Waals surface area contributed by atoms with Gasteiger partial charge in [-0.2, -0.15) is 0 Å². The van der Waals surface area contributed by atoms with Gasteiger partial charge >= 0.3 is 0 Å². The van der Waals surface area contributed by atoms with Crippen LogP contribution >= 0.6 is 23.4 Å². The topological polar surface area (TPSA) is 75.6 Å². The summed E-state index contributed by atoms with van der Waals surface area (Å²) in [6.45, 7) is 0.437. The summed E-state index contributed by atoms with van der Waals surface area (Å²) >= 11 is 7.73. The molecule has 8 heteroatoms. The maximum absolute atomic E-state index is 12.3. The minimum atomic E-state index is 0.00163. The van der Waals surface area contributed by atoms with Crippen molar-refractivity contribution in [2.75, 3.05) is 5.75 Å². The Morgan fingerprint density at radius 3 is 2.81 bits per heavy atom. The normalized spacial score (nSPS) is 13.6. The molecule has 1 aliphatic rings. The van der Waals surface area contributed by atoms with Gasteiger partial charge in [-0.1, -0.05) is 59.8 Å². The van der Waals surface area contributed by atoms with Crippen LogP contribution in [0, 0.1) is 0 Å². The summed E-state index contributed by atoms with van der Waals surface area (Å²) in [7, 11) is 0. The van der Waals surface area contributed by atoms with E-state index in [9.17, 15) is 4.79 Å². The van der Waals surface area contributed by atoms with Gasteiger partial charge in [0.2, 0.25) is 5.91 Å². The predicted octanol–water partition coefficient (Wildman–Crippen LogP) is 5.21. The second-order valence-electron chi connectivity index (χ2n) is 7.62. The molecular formula is C23H22ClN5OS. The highest BCUT2D eigenvalue weighted by Crippen LogP contribution is 2.42. The molecule has 1 aliphatic carbocycles. The Morgan fingerprint density at radius 1 is 1.16 bits per heavy atom. The Morgan fingerprint density at radius 2 is 1.97 bits per heavy atom. The monoisotopic (exact) mass is 451 g/mol. The first kappa shape index (κ1) is 20.2. The number of carbonyl (C=O) groups excluding carboxylic acids is 1. The van der Waals surface area contributed by atoms with Crippen LogP contribution in [0.2, 0.25) is 5.02 Å². The molecule has 1 amide bonds. The number of nitrogens with zero attached hydrogens (tertiary/aromatic N) is 3. The van der Waals surface area contributed by atoms with Crippen LogP contribution in [-0.2, 0) is 11.3 Å². The van der Waals surface area contributed by atoms with Crippen molar-refractivity contribution in [3.63, 3.8) is 0 Å². The van der Waals surface area contributed by atoms with Crippen LogP contribution in [0.15, 0.2) is 59.9 Å². The van der Waals surface area contributed by atoms with Crippen LogP contribution in [0.3, 0.4) is 0 Å². The third-order valence-electron chi connectivity index (χ3n) is 5.40. The molecule has 1 fully saturated rings. The first-order valence-corrected chi connectivity index (χ1v) is 11.7. The summed E-state index contributed by atoms with van der Waals surface area (Å²) in [5.74, 6) is 1.54. The maximum Gasteiger partial charge on any atom is 0.221 e. The molecule has 0 saturated heterocycles. The summed E-state index contributed by atoms with van der Waals surface area (Å²) in [6, 6.07) is 16.2. The average molecular weight is 452 g/mol. The molecule has 158 valence electrons. The standard InChI is InChI=1S/C23H22ClN5OS/c24-19-7-3-1-5-15(19)13-26-21(30)11-12-31-23-28-27-22(29(23)16-9-10-16)18-14-25-20-8-4-2-6-17(18)20/h1-8,14,16,25H,9-13H2,(H,26,30). The van der Waals surface area contributed by atoms with Gasteiger partial charge in [-0.15, -0.1) is 10.2 Å². The number of para-hydroxylation sites is 1. The number of thioether (sulfide) groups is 1. The lowest BCUT2D eigenvalue weighted by atomic mass is 10.1. The fourth-order valence-electron chi connectivity index (χ4n) is 3.64. The highest BCUT2D eigenvalue weighted by atomic mass is 35.5. The number of benzene rings is 2. The van der Waals surface area contributed by atoms with E-state index in [1.807, 2.05) is 42.6 Å². The Hall–Kier alpha value is -2.77. The zero-order valence-electron chi connectivity index (χ0n) is 16.8. The summed E-state index contributed by atoms with van der Waals surface area (Å²) in [4.78, 5) is 15.6. The second-order valence-corrected chi connectivity index (χ2v) is 9.09. The van der Waals surface area contributed by atoms with Crippen molar-refractivity contribution in [1.29, 1.82) is 0 Å². The number of hydrogen-bond donors (Lipinski definition) is 2. The van der Waals surface area contributed by atoms with Crippen LogP contribution in [0.1, 0.15) is 30.9 Å². The van der Waals surface area contributed by atoms with Gasteiger partial charge in [0.05, 0.1) is 0 Å². The minimum absolute atomic E-state index is 0.00163. The third kappa shape index (κ3) is 4.34. The van der Waals surface area contributed by atoms with E-state index in [1.165, 1.54) is 0 Å². The van der Waals surface area contributed by atoms with E-state index in [2.05, 4.69) is 37.2 Å². The fraction of sp³-hybridized carbons (Fsp3) is 0.261. The largest absolute Gasteiger partial charge is 0.360 e. The van der Waals surface area contributed by atoms with Gasteiger partial charge in [-0.25, -0.2) is 0 Å². The van der Waals surface area contributed by atoms with Crippen molar-refractivity contribution in [1.82, 2.24) is 25.1 Å². The molecule has 0 spiro atoms. The molecule has 4 aromatic rings. The first-order valence-electron chi connectivity index (χ1n) is 10.3. The Balaban J connectivity index is 1.24. The van der Waals surface area contributed by atoms with Crippen LogP contribution in [0.4, 0.5) is 0 Å². The molecule has 5 rings (SSSR count). The molecule has 0 aliphatic heterocycles. The number of aromatic nitrogens is 4. The molecular weight excluding hydrogens is 430 g/mol. The van der Waals surface area contributed by atoms with Gasteiger partial charge < -0.3 is 10.3 Å². The average Bonchev–Trinajstić information content (AvgIpc) is 3.40. The molecule has 2 heterocycles. The number of halogens is 1.